The maximum absolute atomic E-state index is 5.13. The van der Waals surface area contributed by atoms with Gasteiger partial charge in [-0.25, -0.2) is 9.97 Å². The highest BCUT2D eigenvalue weighted by molar-refractivity contribution is 7.12. The summed E-state index contributed by atoms with van der Waals surface area (Å²) >= 11 is 1.80. The summed E-state index contributed by atoms with van der Waals surface area (Å²) < 4.78 is 5.13. The molecule has 21 heavy (non-hydrogen) atoms. The van der Waals surface area contributed by atoms with E-state index in [1.165, 1.54) is 9.75 Å². The zero-order valence-electron chi connectivity index (χ0n) is 12.9. The molecule has 0 saturated heterocycles. The van der Waals surface area contributed by atoms with Crippen LogP contribution in [0.5, 0.6) is 0 Å². The van der Waals surface area contributed by atoms with Crippen LogP contribution in [-0.4, -0.2) is 23.6 Å². The Morgan fingerprint density at radius 1 is 1.29 bits per heavy atom. The third-order valence-electron chi connectivity index (χ3n) is 2.96. The molecule has 0 saturated carbocycles. The average molecular weight is 306 g/mol. The smallest absolute Gasteiger partial charge is 0.158 e. The zero-order valence-corrected chi connectivity index (χ0v) is 13.8. The van der Waals surface area contributed by atoms with Crippen LogP contribution >= 0.6 is 11.3 Å². The quantitative estimate of drug-likeness (QED) is 0.818. The molecular formula is C15H22N4OS. The summed E-state index contributed by atoms with van der Waals surface area (Å²) in [6.07, 6.45) is 0. The third-order valence-corrected chi connectivity index (χ3v) is 4.14. The Hall–Kier alpha value is -1.66. The molecule has 0 aliphatic rings. The number of aryl methyl sites for hydroxylation is 1. The molecule has 0 aromatic carbocycles. The van der Waals surface area contributed by atoms with Gasteiger partial charge in [0, 0.05) is 29.5 Å². The summed E-state index contributed by atoms with van der Waals surface area (Å²) in [5.41, 5.74) is 0. The normalized spacial score (nSPS) is 12.2. The minimum atomic E-state index is 0.212. The Morgan fingerprint density at radius 3 is 2.67 bits per heavy atom. The molecule has 0 amide bonds. The molecule has 5 nitrogen and oxygen atoms in total. The lowest BCUT2D eigenvalue weighted by Gasteiger charge is -2.15. The molecule has 114 valence electrons. The second kappa shape index (κ2) is 7.38. The van der Waals surface area contributed by atoms with Gasteiger partial charge in [-0.2, -0.15) is 0 Å². The summed E-state index contributed by atoms with van der Waals surface area (Å²) in [6, 6.07) is 6.43. The molecule has 0 aliphatic carbocycles. The second-order valence-corrected chi connectivity index (χ2v) is 6.15. The van der Waals surface area contributed by atoms with E-state index in [-0.39, 0.29) is 6.04 Å². The van der Waals surface area contributed by atoms with Crippen molar-refractivity contribution in [2.75, 3.05) is 24.3 Å². The van der Waals surface area contributed by atoms with E-state index in [9.17, 15) is 0 Å². The fourth-order valence-corrected chi connectivity index (χ4v) is 2.90. The Kier molecular flexibility index (Phi) is 5.52. The van der Waals surface area contributed by atoms with Gasteiger partial charge >= 0.3 is 0 Å². The summed E-state index contributed by atoms with van der Waals surface area (Å²) in [6.45, 7) is 7.52. The van der Waals surface area contributed by atoms with E-state index < -0.39 is 0 Å². The fraction of sp³-hybridized carbons (Fsp3) is 0.467. The maximum atomic E-state index is 5.13. The van der Waals surface area contributed by atoms with Crippen LogP contribution in [0, 0.1) is 6.92 Å². The van der Waals surface area contributed by atoms with Crippen molar-refractivity contribution < 1.29 is 4.74 Å². The molecule has 0 spiro atoms. The standard InChI is InChI=1S/C15H22N4OS/c1-5-16-13-8-14(19-15(18-13)9-20-4)17-11(3)12-7-6-10(2)21-12/h6-8,11H,5,9H2,1-4H3,(H2,16,17,18,19). The van der Waals surface area contributed by atoms with Crippen LogP contribution in [-0.2, 0) is 11.3 Å². The molecule has 1 unspecified atom stereocenters. The number of hydrogen-bond acceptors (Lipinski definition) is 6. The van der Waals surface area contributed by atoms with Gasteiger partial charge in [-0.3, -0.25) is 0 Å². The van der Waals surface area contributed by atoms with Gasteiger partial charge in [0.25, 0.3) is 0 Å². The number of anilines is 2. The van der Waals surface area contributed by atoms with E-state index in [2.05, 4.69) is 46.6 Å². The van der Waals surface area contributed by atoms with Crippen LogP contribution < -0.4 is 10.6 Å². The van der Waals surface area contributed by atoms with Gasteiger partial charge in [-0.15, -0.1) is 11.3 Å². The second-order valence-electron chi connectivity index (χ2n) is 4.83. The van der Waals surface area contributed by atoms with Crippen molar-refractivity contribution in [1.82, 2.24) is 9.97 Å². The third kappa shape index (κ3) is 4.41. The monoisotopic (exact) mass is 306 g/mol. The van der Waals surface area contributed by atoms with Crippen molar-refractivity contribution in [3.05, 3.63) is 33.8 Å². The number of thiophene rings is 1. The Labute approximate surface area is 129 Å². The van der Waals surface area contributed by atoms with Crippen LogP contribution in [0.2, 0.25) is 0 Å². The Bertz CT molecular complexity index is 561. The largest absolute Gasteiger partial charge is 0.377 e. The summed E-state index contributed by atoms with van der Waals surface area (Å²) in [5, 5.41) is 6.65. The average Bonchev–Trinajstić information content (AvgIpc) is 2.86. The molecule has 0 aliphatic heterocycles. The Balaban J connectivity index is 2.17. The maximum Gasteiger partial charge on any atom is 0.158 e. The number of methoxy groups -OCH3 is 1. The predicted molar refractivity (Wildman–Crippen MR) is 88.0 cm³/mol. The molecule has 2 rings (SSSR count). The molecule has 0 fully saturated rings. The lowest BCUT2D eigenvalue weighted by atomic mass is 10.2. The van der Waals surface area contributed by atoms with E-state index >= 15 is 0 Å². The van der Waals surface area contributed by atoms with Crippen LogP contribution in [0.15, 0.2) is 18.2 Å². The fourth-order valence-electron chi connectivity index (χ4n) is 2.02. The van der Waals surface area contributed by atoms with E-state index in [4.69, 9.17) is 4.74 Å². The number of rotatable bonds is 7. The summed E-state index contributed by atoms with van der Waals surface area (Å²) in [5.74, 6) is 2.30. The molecule has 0 radical (unpaired) electrons. The van der Waals surface area contributed by atoms with E-state index in [1.54, 1.807) is 18.4 Å². The predicted octanol–water partition coefficient (Wildman–Crippen LogP) is 3.60. The number of nitrogens with zero attached hydrogens (tertiary/aromatic N) is 2. The van der Waals surface area contributed by atoms with Gasteiger partial charge < -0.3 is 15.4 Å². The van der Waals surface area contributed by atoms with Gasteiger partial charge in [0.1, 0.15) is 18.2 Å². The van der Waals surface area contributed by atoms with Gasteiger partial charge in [0.05, 0.1) is 6.04 Å². The van der Waals surface area contributed by atoms with Gasteiger partial charge in [-0.1, -0.05) is 0 Å². The number of aromatic nitrogens is 2. The minimum Gasteiger partial charge on any atom is -0.377 e. The first kappa shape index (κ1) is 15.7. The van der Waals surface area contributed by atoms with Crippen molar-refractivity contribution in [2.24, 2.45) is 0 Å². The van der Waals surface area contributed by atoms with E-state index in [0.717, 1.165) is 18.2 Å². The summed E-state index contributed by atoms with van der Waals surface area (Å²) in [7, 11) is 1.65. The van der Waals surface area contributed by atoms with Gasteiger partial charge in [0.15, 0.2) is 5.82 Å². The Morgan fingerprint density at radius 2 is 2.05 bits per heavy atom. The van der Waals surface area contributed by atoms with Crippen molar-refractivity contribution in [2.45, 2.75) is 33.4 Å². The van der Waals surface area contributed by atoms with Crippen molar-refractivity contribution >= 4 is 23.0 Å². The highest BCUT2D eigenvalue weighted by atomic mass is 32.1. The van der Waals surface area contributed by atoms with Gasteiger partial charge in [0.2, 0.25) is 0 Å². The number of ether oxygens (including phenoxy) is 1. The first-order valence-corrected chi connectivity index (χ1v) is 7.87. The highest BCUT2D eigenvalue weighted by Gasteiger charge is 2.10. The van der Waals surface area contributed by atoms with Crippen LogP contribution in [0.3, 0.4) is 0 Å². The molecular weight excluding hydrogens is 284 g/mol. The van der Waals surface area contributed by atoms with Crippen LogP contribution in [0.1, 0.15) is 35.5 Å². The van der Waals surface area contributed by atoms with Crippen molar-refractivity contribution in [3.63, 3.8) is 0 Å². The van der Waals surface area contributed by atoms with Crippen LogP contribution in [0.25, 0.3) is 0 Å². The first-order valence-electron chi connectivity index (χ1n) is 7.06. The lowest BCUT2D eigenvalue weighted by molar-refractivity contribution is 0.178. The van der Waals surface area contributed by atoms with Crippen molar-refractivity contribution in [3.8, 4) is 0 Å². The van der Waals surface area contributed by atoms with Gasteiger partial charge in [-0.05, 0) is 32.9 Å². The molecule has 1 atom stereocenters. The molecule has 2 N–H and O–H groups in total. The lowest BCUT2D eigenvalue weighted by Crippen LogP contribution is -2.11. The van der Waals surface area contributed by atoms with E-state index in [1.807, 2.05) is 13.0 Å². The SMILES string of the molecule is CCNc1cc(NC(C)c2ccc(C)s2)nc(COC)n1. The van der Waals surface area contributed by atoms with Crippen molar-refractivity contribution in [1.29, 1.82) is 0 Å². The number of hydrogen-bond donors (Lipinski definition) is 2. The molecule has 6 heteroatoms. The first-order chi connectivity index (χ1) is 10.1. The molecule has 2 heterocycles. The topological polar surface area (TPSA) is 59.1 Å². The number of nitrogens with one attached hydrogen (secondary N) is 2. The molecule has 0 bridgehead atoms. The molecule has 2 aromatic rings. The van der Waals surface area contributed by atoms with E-state index in [0.29, 0.717) is 12.4 Å². The van der Waals surface area contributed by atoms with Crippen LogP contribution in [0.4, 0.5) is 11.6 Å². The minimum absolute atomic E-state index is 0.212. The zero-order chi connectivity index (χ0) is 15.2. The summed E-state index contributed by atoms with van der Waals surface area (Å²) in [4.78, 5) is 11.5. The highest BCUT2D eigenvalue weighted by Crippen LogP contribution is 2.25. The molecule has 2 aromatic heterocycles.